The molecule has 1 aromatic carbocycles. The molecule has 0 saturated carbocycles. The van der Waals surface area contributed by atoms with E-state index < -0.39 is 6.10 Å². The largest absolute Gasteiger partial charge is 0.486 e. The van der Waals surface area contributed by atoms with Crippen LogP contribution >= 0.6 is 0 Å². The van der Waals surface area contributed by atoms with Crippen LogP contribution in [0, 0.1) is 11.8 Å². The molecule has 1 saturated heterocycles. The molecular formula is C17H25NO3. The van der Waals surface area contributed by atoms with Crippen molar-refractivity contribution in [1.82, 2.24) is 4.90 Å². The Kier molecular flexibility index (Phi) is 4.36. The highest BCUT2D eigenvalue weighted by atomic mass is 16.6. The normalized spacial score (nSPS) is 27.4. The quantitative estimate of drug-likeness (QED) is 0.929. The molecule has 0 amide bonds. The zero-order chi connectivity index (χ0) is 14.8. The van der Waals surface area contributed by atoms with Crippen molar-refractivity contribution in [3.63, 3.8) is 0 Å². The number of benzene rings is 1. The van der Waals surface area contributed by atoms with Gasteiger partial charge in [-0.05, 0) is 42.5 Å². The number of nitrogens with zero attached hydrogens (tertiary/aromatic N) is 1. The predicted molar refractivity (Wildman–Crippen MR) is 81.8 cm³/mol. The van der Waals surface area contributed by atoms with Crippen molar-refractivity contribution in [2.75, 3.05) is 32.8 Å². The Morgan fingerprint density at radius 2 is 1.95 bits per heavy atom. The first-order valence-electron chi connectivity index (χ1n) is 7.93. The van der Waals surface area contributed by atoms with E-state index in [1.54, 1.807) is 0 Å². The molecular weight excluding hydrogens is 266 g/mol. The van der Waals surface area contributed by atoms with E-state index in [9.17, 15) is 5.11 Å². The van der Waals surface area contributed by atoms with E-state index in [1.807, 2.05) is 18.2 Å². The molecule has 0 aliphatic carbocycles. The highest BCUT2D eigenvalue weighted by molar-refractivity contribution is 5.44. The number of hydrogen-bond acceptors (Lipinski definition) is 4. The minimum Gasteiger partial charge on any atom is -0.486 e. The van der Waals surface area contributed by atoms with Gasteiger partial charge < -0.3 is 19.5 Å². The third-order valence-corrected chi connectivity index (χ3v) is 4.80. The second kappa shape index (κ2) is 6.24. The number of rotatable bonds is 3. The average molecular weight is 291 g/mol. The van der Waals surface area contributed by atoms with Gasteiger partial charge in [0.1, 0.15) is 13.2 Å². The maximum absolute atomic E-state index is 10.5. The molecule has 0 spiro atoms. The molecule has 1 aromatic rings. The van der Waals surface area contributed by atoms with E-state index in [0.717, 1.165) is 36.1 Å². The van der Waals surface area contributed by atoms with Crippen molar-refractivity contribution in [3.05, 3.63) is 23.8 Å². The van der Waals surface area contributed by atoms with Crippen LogP contribution in [0.15, 0.2) is 18.2 Å². The maximum atomic E-state index is 10.5. The van der Waals surface area contributed by atoms with E-state index in [4.69, 9.17) is 9.47 Å². The van der Waals surface area contributed by atoms with Crippen LogP contribution in [0.1, 0.15) is 31.9 Å². The SMILES string of the molecule is CC1CCN(CC(O)c2ccc3c(c2)OCCO3)CC1C. The summed E-state index contributed by atoms with van der Waals surface area (Å²) in [6.07, 6.45) is 0.746. The molecule has 2 aliphatic rings. The second-order valence-corrected chi connectivity index (χ2v) is 6.42. The number of β-amino-alcohol motifs (C(OH)–C–C–N with tert-alkyl or cyclic N) is 1. The van der Waals surface area contributed by atoms with Gasteiger partial charge >= 0.3 is 0 Å². The first kappa shape index (κ1) is 14.7. The number of hydrogen-bond donors (Lipinski definition) is 1. The number of fused-ring (bicyclic) bond motifs is 1. The Morgan fingerprint density at radius 3 is 2.71 bits per heavy atom. The van der Waals surface area contributed by atoms with Crippen LogP contribution in [0.5, 0.6) is 11.5 Å². The fourth-order valence-corrected chi connectivity index (χ4v) is 3.13. The Morgan fingerprint density at radius 1 is 1.19 bits per heavy atom. The van der Waals surface area contributed by atoms with Crippen LogP contribution in [0.2, 0.25) is 0 Å². The summed E-state index contributed by atoms with van der Waals surface area (Å²) in [4.78, 5) is 2.37. The van der Waals surface area contributed by atoms with Crippen molar-refractivity contribution in [3.8, 4) is 11.5 Å². The lowest BCUT2D eigenvalue weighted by Crippen LogP contribution is -2.40. The average Bonchev–Trinajstić information content (AvgIpc) is 2.50. The number of likely N-dealkylation sites (tertiary alicyclic amines) is 1. The number of aliphatic hydroxyl groups is 1. The van der Waals surface area contributed by atoms with Crippen molar-refractivity contribution in [1.29, 1.82) is 0 Å². The molecule has 0 radical (unpaired) electrons. The number of piperidine rings is 1. The number of aliphatic hydroxyl groups excluding tert-OH is 1. The Balaban J connectivity index is 1.64. The van der Waals surface area contributed by atoms with E-state index >= 15 is 0 Å². The lowest BCUT2D eigenvalue weighted by Gasteiger charge is -2.36. The van der Waals surface area contributed by atoms with Crippen LogP contribution in [0.3, 0.4) is 0 Å². The molecule has 1 N–H and O–H groups in total. The summed E-state index contributed by atoms with van der Waals surface area (Å²) in [7, 11) is 0. The highest BCUT2D eigenvalue weighted by Gasteiger charge is 2.25. The molecule has 3 unspecified atom stereocenters. The highest BCUT2D eigenvalue weighted by Crippen LogP contribution is 2.33. The summed E-state index contributed by atoms with van der Waals surface area (Å²) >= 11 is 0. The molecule has 4 nitrogen and oxygen atoms in total. The van der Waals surface area contributed by atoms with Gasteiger partial charge in [-0.25, -0.2) is 0 Å². The van der Waals surface area contributed by atoms with Gasteiger partial charge in [-0.15, -0.1) is 0 Å². The van der Waals surface area contributed by atoms with Gasteiger partial charge in [-0.3, -0.25) is 0 Å². The van der Waals surface area contributed by atoms with Crippen LogP contribution in [0.25, 0.3) is 0 Å². The van der Waals surface area contributed by atoms with Gasteiger partial charge in [-0.1, -0.05) is 19.9 Å². The van der Waals surface area contributed by atoms with E-state index in [-0.39, 0.29) is 0 Å². The topological polar surface area (TPSA) is 41.9 Å². The minimum atomic E-state index is -0.471. The lowest BCUT2D eigenvalue weighted by atomic mass is 9.88. The molecule has 0 aromatic heterocycles. The van der Waals surface area contributed by atoms with E-state index in [1.165, 1.54) is 6.42 Å². The van der Waals surface area contributed by atoms with Gasteiger partial charge in [0.2, 0.25) is 0 Å². The first-order chi connectivity index (χ1) is 10.1. The lowest BCUT2D eigenvalue weighted by molar-refractivity contribution is 0.0701. The molecule has 116 valence electrons. The third kappa shape index (κ3) is 3.33. The maximum Gasteiger partial charge on any atom is 0.161 e. The fourth-order valence-electron chi connectivity index (χ4n) is 3.13. The fraction of sp³-hybridized carbons (Fsp3) is 0.647. The summed E-state index contributed by atoms with van der Waals surface area (Å²) < 4.78 is 11.1. The van der Waals surface area contributed by atoms with Crippen molar-refractivity contribution < 1.29 is 14.6 Å². The molecule has 2 heterocycles. The van der Waals surface area contributed by atoms with Gasteiger partial charge in [0.05, 0.1) is 6.10 Å². The molecule has 3 atom stereocenters. The molecule has 21 heavy (non-hydrogen) atoms. The molecule has 2 aliphatic heterocycles. The summed E-state index contributed by atoms with van der Waals surface area (Å²) in [5.74, 6) is 3.01. The minimum absolute atomic E-state index is 0.471. The van der Waals surface area contributed by atoms with Crippen LogP contribution in [-0.2, 0) is 0 Å². The van der Waals surface area contributed by atoms with Crippen LogP contribution in [-0.4, -0.2) is 42.9 Å². The predicted octanol–water partition coefficient (Wildman–Crippen LogP) is 2.47. The molecule has 0 bridgehead atoms. The van der Waals surface area contributed by atoms with E-state index in [2.05, 4.69) is 18.7 Å². The summed E-state index contributed by atoms with van der Waals surface area (Å²) in [5.41, 5.74) is 0.908. The van der Waals surface area contributed by atoms with Crippen molar-refractivity contribution >= 4 is 0 Å². The summed E-state index contributed by atoms with van der Waals surface area (Å²) in [5, 5.41) is 10.5. The first-order valence-corrected chi connectivity index (χ1v) is 7.93. The molecule has 1 fully saturated rings. The van der Waals surface area contributed by atoms with Crippen molar-refractivity contribution in [2.45, 2.75) is 26.4 Å². The van der Waals surface area contributed by atoms with Gasteiger partial charge in [-0.2, -0.15) is 0 Å². The monoisotopic (exact) mass is 291 g/mol. The van der Waals surface area contributed by atoms with Crippen molar-refractivity contribution in [2.24, 2.45) is 11.8 Å². The van der Waals surface area contributed by atoms with Crippen LogP contribution in [0.4, 0.5) is 0 Å². The Hall–Kier alpha value is -1.26. The zero-order valence-corrected chi connectivity index (χ0v) is 12.9. The molecule has 3 rings (SSSR count). The zero-order valence-electron chi connectivity index (χ0n) is 12.9. The van der Waals surface area contributed by atoms with Gasteiger partial charge in [0.15, 0.2) is 11.5 Å². The van der Waals surface area contributed by atoms with Gasteiger partial charge in [0.25, 0.3) is 0 Å². The van der Waals surface area contributed by atoms with Gasteiger partial charge in [0, 0.05) is 13.1 Å². The van der Waals surface area contributed by atoms with E-state index in [0.29, 0.717) is 25.7 Å². The Bertz CT molecular complexity index is 491. The smallest absolute Gasteiger partial charge is 0.161 e. The number of ether oxygens (including phenoxy) is 2. The second-order valence-electron chi connectivity index (χ2n) is 6.42. The summed E-state index contributed by atoms with van der Waals surface area (Å²) in [6.45, 7) is 8.63. The third-order valence-electron chi connectivity index (χ3n) is 4.80. The Labute approximate surface area is 126 Å². The molecule has 4 heteroatoms. The standard InChI is InChI=1S/C17H25NO3/c1-12-5-6-18(10-13(12)2)11-15(19)14-3-4-16-17(9-14)21-8-7-20-16/h3-4,9,12-13,15,19H,5-8,10-11H2,1-2H3. The summed E-state index contributed by atoms with van der Waals surface area (Å²) in [6, 6.07) is 5.75. The van der Waals surface area contributed by atoms with Crippen LogP contribution < -0.4 is 9.47 Å².